The molecule has 0 radical (unpaired) electrons. The zero-order chi connectivity index (χ0) is 23.5. The molecule has 0 bridgehead atoms. The van der Waals surface area contributed by atoms with Gasteiger partial charge in [-0.3, -0.25) is 9.59 Å². The van der Waals surface area contributed by atoms with Gasteiger partial charge in [0.25, 0.3) is 11.5 Å². The molecule has 0 spiro atoms. The lowest BCUT2D eigenvalue weighted by atomic mass is 10.1. The van der Waals surface area contributed by atoms with Crippen LogP contribution in [0.15, 0.2) is 40.5 Å². The second-order valence-electron chi connectivity index (χ2n) is 6.69. The number of nitrogens with zero attached hydrogens (tertiary/aromatic N) is 3. The van der Waals surface area contributed by atoms with Crippen molar-refractivity contribution >= 4 is 45.2 Å². The van der Waals surface area contributed by atoms with E-state index in [0.29, 0.717) is 32.0 Å². The Labute approximate surface area is 195 Å². The molecule has 0 aliphatic rings. The third kappa shape index (κ3) is 4.71. The van der Waals surface area contributed by atoms with Gasteiger partial charge >= 0.3 is 5.97 Å². The number of amides is 1. The first-order chi connectivity index (χ1) is 15.9. The molecule has 4 aromatic rings. The fraction of sp³-hybridized carbons (Fsp3) is 0.190. The van der Waals surface area contributed by atoms with Crippen LogP contribution in [0.1, 0.15) is 30.7 Å². The van der Waals surface area contributed by atoms with Crippen molar-refractivity contribution in [3.05, 3.63) is 67.2 Å². The van der Waals surface area contributed by atoms with E-state index in [0.717, 1.165) is 15.9 Å². The molecule has 0 aliphatic heterocycles. The number of anilines is 1. The Bertz CT molecular complexity index is 1390. The van der Waals surface area contributed by atoms with Crippen LogP contribution in [-0.4, -0.2) is 40.7 Å². The molecule has 170 valence electrons. The first-order valence-corrected chi connectivity index (χ1v) is 11.2. The van der Waals surface area contributed by atoms with E-state index in [4.69, 9.17) is 14.2 Å². The summed E-state index contributed by atoms with van der Waals surface area (Å²) < 4.78 is 17.2. The summed E-state index contributed by atoms with van der Waals surface area (Å²) in [7, 11) is 2.89. The summed E-state index contributed by atoms with van der Waals surface area (Å²) in [4.78, 5) is 42.7. The number of esters is 1. The molecule has 0 unspecified atom stereocenters. The van der Waals surface area contributed by atoms with Gasteiger partial charge in [0.1, 0.15) is 6.61 Å². The van der Waals surface area contributed by atoms with Gasteiger partial charge in [0.2, 0.25) is 4.96 Å². The molecule has 3 aromatic heterocycles. The van der Waals surface area contributed by atoms with Crippen molar-refractivity contribution in [3.63, 3.8) is 0 Å². The van der Waals surface area contributed by atoms with Gasteiger partial charge in [-0.1, -0.05) is 17.4 Å². The Morgan fingerprint density at radius 2 is 1.91 bits per heavy atom. The van der Waals surface area contributed by atoms with E-state index in [1.54, 1.807) is 24.4 Å². The molecule has 0 aliphatic carbocycles. The Kier molecular flexibility index (Phi) is 6.38. The number of fused-ring (bicyclic) bond motifs is 1. The molecule has 10 nitrogen and oxygen atoms in total. The lowest BCUT2D eigenvalue weighted by molar-refractivity contribution is 0.0472. The minimum absolute atomic E-state index is 0.0739. The van der Waals surface area contributed by atoms with E-state index in [2.05, 4.69) is 15.4 Å². The average molecular weight is 487 g/mol. The molecule has 0 saturated carbocycles. The molecule has 12 heteroatoms. The van der Waals surface area contributed by atoms with E-state index >= 15 is 0 Å². The fourth-order valence-electron chi connectivity index (χ4n) is 2.97. The van der Waals surface area contributed by atoms with E-state index < -0.39 is 5.97 Å². The van der Waals surface area contributed by atoms with Crippen LogP contribution in [0.4, 0.5) is 5.69 Å². The van der Waals surface area contributed by atoms with Crippen LogP contribution < -0.4 is 20.3 Å². The zero-order valence-electron chi connectivity index (χ0n) is 17.8. The number of carbonyl (C=O) groups excluding carboxylic acids is 2. The van der Waals surface area contributed by atoms with Crippen molar-refractivity contribution in [1.82, 2.24) is 14.6 Å². The monoisotopic (exact) mass is 486 g/mol. The maximum Gasteiger partial charge on any atom is 0.340 e. The summed E-state index contributed by atoms with van der Waals surface area (Å²) in [6.45, 7) is 1.53. The second-order valence-corrected chi connectivity index (χ2v) is 8.67. The predicted octanol–water partition coefficient (Wildman–Crippen LogP) is 3.15. The SMILES string of the molecule is COc1cc(NC(=O)c2cccs2)c(C(=O)OCc2nn3c(=O)cc(C)nc3s2)cc1OC. The lowest BCUT2D eigenvalue weighted by Gasteiger charge is -2.15. The number of rotatable bonds is 7. The Balaban J connectivity index is 1.60. The first-order valence-electron chi connectivity index (χ1n) is 9.54. The van der Waals surface area contributed by atoms with Crippen molar-refractivity contribution in [2.75, 3.05) is 19.5 Å². The normalized spacial score (nSPS) is 10.8. The number of hydrogen-bond acceptors (Lipinski definition) is 10. The van der Waals surface area contributed by atoms with Crippen molar-refractivity contribution in [3.8, 4) is 11.5 Å². The Hall–Kier alpha value is -3.77. The maximum atomic E-state index is 12.9. The number of aromatic nitrogens is 3. The molecule has 0 fully saturated rings. The highest BCUT2D eigenvalue weighted by atomic mass is 32.1. The van der Waals surface area contributed by atoms with Gasteiger partial charge in [0.15, 0.2) is 16.5 Å². The molecule has 1 aromatic carbocycles. The van der Waals surface area contributed by atoms with Crippen LogP contribution >= 0.6 is 22.7 Å². The van der Waals surface area contributed by atoms with E-state index in [1.807, 2.05) is 0 Å². The van der Waals surface area contributed by atoms with Crippen LogP contribution in [0.5, 0.6) is 11.5 Å². The maximum absolute atomic E-state index is 12.9. The summed E-state index contributed by atoms with van der Waals surface area (Å²) in [5.41, 5.74) is 0.534. The smallest absolute Gasteiger partial charge is 0.340 e. The average Bonchev–Trinajstić information content (AvgIpc) is 3.47. The molecule has 4 rings (SSSR count). The third-order valence-corrected chi connectivity index (χ3v) is 6.23. The second kappa shape index (κ2) is 9.38. The number of carbonyl (C=O) groups is 2. The van der Waals surface area contributed by atoms with Gasteiger partial charge in [-0.15, -0.1) is 11.3 Å². The summed E-state index contributed by atoms with van der Waals surface area (Å²) >= 11 is 2.41. The highest BCUT2D eigenvalue weighted by Gasteiger charge is 2.21. The molecule has 0 saturated heterocycles. The van der Waals surface area contributed by atoms with Crippen molar-refractivity contribution in [2.45, 2.75) is 13.5 Å². The molecule has 33 heavy (non-hydrogen) atoms. The van der Waals surface area contributed by atoms with E-state index in [-0.39, 0.29) is 29.3 Å². The standard InChI is InChI=1S/C21H18N4O6S2/c1-11-7-18(26)25-21(22-11)33-17(24-25)10-31-20(28)12-8-14(29-2)15(30-3)9-13(12)23-19(27)16-5-4-6-32-16/h4-9H,10H2,1-3H3,(H,23,27). The number of ether oxygens (including phenoxy) is 3. The Morgan fingerprint density at radius 1 is 1.15 bits per heavy atom. The highest BCUT2D eigenvalue weighted by Crippen LogP contribution is 2.34. The minimum Gasteiger partial charge on any atom is -0.493 e. The minimum atomic E-state index is -0.715. The molecular formula is C21H18N4O6S2. The van der Waals surface area contributed by atoms with Crippen LogP contribution in [0, 0.1) is 6.92 Å². The number of hydrogen-bond donors (Lipinski definition) is 1. The van der Waals surface area contributed by atoms with Crippen molar-refractivity contribution < 1.29 is 23.8 Å². The summed E-state index contributed by atoms with van der Waals surface area (Å²) in [6, 6.07) is 7.71. The molecule has 0 atom stereocenters. The van der Waals surface area contributed by atoms with Crippen LogP contribution in [0.3, 0.4) is 0 Å². The number of aryl methyl sites for hydroxylation is 1. The van der Waals surface area contributed by atoms with Crippen LogP contribution in [-0.2, 0) is 11.3 Å². The molecule has 1 N–H and O–H groups in total. The summed E-state index contributed by atoms with van der Waals surface area (Å²) in [5.74, 6) is -0.459. The third-order valence-electron chi connectivity index (χ3n) is 4.48. The highest BCUT2D eigenvalue weighted by molar-refractivity contribution is 7.16. The van der Waals surface area contributed by atoms with Crippen LogP contribution in [0.2, 0.25) is 0 Å². The predicted molar refractivity (Wildman–Crippen MR) is 123 cm³/mol. The van der Waals surface area contributed by atoms with Crippen molar-refractivity contribution in [1.29, 1.82) is 0 Å². The van der Waals surface area contributed by atoms with Gasteiger partial charge in [-0.2, -0.15) is 9.61 Å². The fourth-order valence-corrected chi connectivity index (χ4v) is 4.44. The largest absolute Gasteiger partial charge is 0.493 e. The van der Waals surface area contributed by atoms with Crippen LogP contribution in [0.25, 0.3) is 4.96 Å². The molecule has 1 amide bonds. The van der Waals surface area contributed by atoms with Gasteiger partial charge in [0, 0.05) is 23.9 Å². The van der Waals surface area contributed by atoms with E-state index in [9.17, 15) is 14.4 Å². The number of nitrogens with one attached hydrogen (secondary N) is 1. The quantitative estimate of drug-likeness (QED) is 0.396. The summed E-state index contributed by atoms with van der Waals surface area (Å²) in [6.07, 6.45) is 0. The number of methoxy groups -OCH3 is 2. The zero-order valence-corrected chi connectivity index (χ0v) is 19.4. The van der Waals surface area contributed by atoms with Gasteiger partial charge < -0.3 is 19.5 Å². The number of benzene rings is 1. The van der Waals surface area contributed by atoms with Crippen molar-refractivity contribution in [2.24, 2.45) is 0 Å². The van der Waals surface area contributed by atoms with E-state index in [1.165, 1.54) is 43.8 Å². The Morgan fingerprint density at radius 3 is 2.61 bits per heavy atom. The molecular weight excluding hydrogens is 468 g/mol. The number of thiophene rings is 1. The van der Waals surface area contributed by atoms with Gasteiger partial charge in [0.05, 0.1) is 30.3 Å². The first kappa shape index (κ1) is 22.4. The van der Waals surface area contributed by atoms with Gasteiger partial charge in [-0.25, -0.2) is 9.78 Å². The van der Waals surface area contributed by atoms with Gasteiger partial charge in [-0.05, 0) is 18.4 Å². The topological polar surface area (TPSA) is 121 Å². The summed E-state index contributed by atoms with van der Waals surface area (Å²) in [5, 5.41) is 9.04. The molecule has 3 heterocycles. The lowest BCUT2D eigenvalue weighted by Crippen LogP contribution is -2.16.